The summed E-state index contributed by atoms with van der Waals surface area (Å²) >= 11 is 5.81. The highest BCUT2D eigenvalue weighted by atomic mass is 35.5. The van der Waals surface area contributed by atoms with Crippen molar-refractivity contribution < 1.29 is 35.2 Å². The summed E-state index contributed by atoms with van der Waals surface area (Å²) in [4.78, 5) is 17.4. The number of piperazine rings is 1. The van der Waals surface area contributed by atoms with Crippen LogP contribution >= 0.6 is 11.6 Å². The summed E-state index contributed by atoms with van der Waals surface area (Å²) in [7, 11) is -2.25. The molecule has 5 unspecified atom stereocenters. The van der Waals surface area contributed by atoms with Crippen molar-refractivity contribution in [2.45, 2.75) is 55.9 Å². The number of aryl methyl sites for hydroxylation is 1. The van der Waals surface area contributed by atoms with E-state index in [-0.39, 0.29) is 52.2 Å². The molecule has 0 spiro atoms. The summed E-state index contributed by atoms with van der Waals surface area (Å²) in [6.07, 6.45) is -1.11. The minimum atomic E-state index is -4.80. The number of carbonyl (C=O) groups excluding carboxylic acids is 1. The number of nitrogens with two attached hydrogens (primary N) is 1. The van der Waals surface area contributed by atoms with Gasteiger partial charge >= 0.3 is 6.18 Å². The lowest BCUT2D eigenvalue weighted by Gasteiger charge is -2.37. The number of aromatic nitrogens is 3. The van der Waals surface area contributed by atoms with Crippen LogP contribution in [-0.2, 0) is 34.5 Å². The molecule has 0 aliphatic carbocycles. The van der Waals surface area contributed by atoms with Crippen LogP contribution < -0.4 is 16.4 Å². The highest BCUT2D eigenvalue weighted by Gasteiger charge is 2.39. The van der Waals surface area contributed by atoms with Crippen LogP contribution in [0, 0.1) is 11.6 Å². The molecule has 1 amide bonds. The monoisotopic (exact) mass is 675 g/mol. The van der Waals surface area contributed by atoms with Gasteiger partial charge in [0.15, 0.2) is 5.69 Å². The molecule has 5 rings (SSSR count). The lowest BCUT2D eigenvalue weighted by Crippen LogP contribution is -2.57. The van der Waals surface area contributed by atoms with Crippen molar-refractivity contribution in [2.75, 3.05) is 24.2 Å². The minimum Gasteiger partial charge on any atom is -0.323 e. The van der Waals surface area contributed by atoms with Gasteiger partial charge in [-0.3, -0.25) is 14.5 Å². The molecule has 2 fully saturated rings. The first-order valence-electron chi connectivity index (χ1n) is 14.1. The maximum absolute atomic E-state index is 15.1. The normalized spacial score (nSPS) is 22.8. The number of amides is 1. The van der Waals surface area contributed by atoms with Crippen LogP contribution in [0.2, 0.25) is 5.02 Å². The number of nitrogens with zero attached hydrogens (tertiary/aromatic N) is 4. The van der Waals surface area contributed by atoms with E-state index in [4.69, 9.17) is 17.3 Å². The molecule has 244 valence electrons. The van der Waals surface area contributed by atoms with Gasteiger partial charge in [0.1, 0.15) is 11.6 Å². The molecule has 45 heavy (non-hydrogen) atoms. The van der Waals surface area contributed by atoms with Gasteiger partial charge in [-0.15, -0.1) is 0 Å². The summed E-state index contributed by atoms with van der Waals surface area (Å²) in [5.74, 6) is -3.85. The van der Waals surface area contributed by atoms with E-state index in [0.717, 1.165) is 29.4 Å². The van der Waals surface area contributed by atoms with Crippen LogP contribution in [0.15, 0.2) is 36.7 Å². The first-order valence-corrected chi connectivity index (χ1v) is 16.1. The van der Waals surface area contributed by atoms with Crippen LogP contribution in [0.25, 0.3) is 0 Å². The first kappa shape index (κ1) is 33.2. The Hall–Kier alpha value is -3.18. The largest absolute Gasteiger partial charge is 0.435 e. The molecule has 2 saturated heterocycles. The molecule has 5 atom stereocenters. The summed E-state index contributed by atoms with van der Waals surface area (Å²) in [6.45, 7) is 0.703. The van der Waals surface area contributed by atoms with Gasteiger partial charge in [0.25, 0.3) is 0 Å². The second-order valence-corrected chi connectivity index (χ2v) is 13.7. The van der Waals surface area contributed by atoms with Gasteiger partial charge in [-0.25, -0.2) is 17.2 Å². The molecule has 4 N–H and O–H groups in total. The summed E-state index contributed by atoms with van der Waals surface area (Å²) in [6, 6.07) is 2.19. The molecule has 1 aromatic carbocycles. The molecule has 2 bridgehead atoms. The molecular weight excluding hydrogens is 645 g/mol. The Morgan fingerprint density at radius 2 is 1.98 bits per heavy atom. The number of rotatable bonds is 8. The first-order chi connectivity index (χ1) is 21.2. The molecule has 4 heterocycles. The minimum absolute atomic E-state index is 0.0321. The Morgan fingerprint density at radius 3 is 2.67 bits per heavy atom. The number of fused-ring (bicyclic) bond motifs is 2. The highest BCUT2D eigenvalue weighted by Crippen LogP contribution is 2.35. The number of carbonyl (C=O) groups is 1. The molecule has 0 radical (unpaired) electrons. The van der Waals surface area contributed by atoms with Crippen LogP contribution in [-0.4, -0.2) is 70.4 Å². The summed E-state index contributed by atoms with van der Waals surface area (Å²) < 4.78 is 98.1. The van der Waals surface area contributed by atoms with Gasteiger partial charge in [-0.05, 0) is 49.4 Å². The lowest BCUT2D eigenvalue weighted by atomic mass is 9.87. The Kier molecular flexibility index (Phi) is 9.52. The SMILES string of the molecule is Cn1nc(C(F)(F)F)cc1C(c1ccc(Cl)c(F)c1)C(N)C(=O)Nc1cncc(F)c1CCC1CNC2CCCS(=O)(=O)N1C2. The average Bonchev–Trinajstić information content (AvgIpc) is 3.31. The fourth-order valence-corrected chi connectivity index (χ4v) is 7.85. The van der Waals surface area contributed by atoms with Crippen molar-refractivity contribution in [2.24, 2.45) is 12.8 Å². The van der Waals surface area contributed by atoms with Gasteiger partial charge in [0, 0.05) is 43.5 Å². The second kappa shape index (κ2) is 12.9. The molecule has 17 heteroatoms. The van der Waals surface area contributed by atoms with E-state index in [1.807, 2.05) is 0 Å². The number of hydrogen-bond donors (Lipinski definition) is 3. The number of sulfonamides is 1. The maximum Gasteiger partial charge on any atom is 0.435 e. The highest BCUT2D eigenvalue weighted by molar-refractivity contribution is 7.89. The lowest BCUT2D eigenvalue weighted by molar-refractivity contribution is -0.141. The Bertz CT molecular complexity index is 1690. The van der Waals surface area contributed by atoms with Crippen molar-refractivity contribution in [1.29, 1.82) is 0 Å². The van der Waals surface area contributed by atoms with E-state index in [1.165, 1.54) is 29.7 Å². The number of halogens is 6. The van der Waals surface area contributed by atoms with Crippen molar-refractivity contribution in [3.8, 4) is 0 Å². The summed E-state index contributed by atoms with van der Waals surface area (Å²) in [5, 5.41) is 9.12. The smallest absolute Gasteiger partial charge is 0.323 e. The van der Waals surface area contributed by atoms with Gasteiger partial charge in [0.2, 0.25) is 15.9 Å². The molecule has 2 aliphatic heterocycles. The predicted molar refractivity (Wildman–Crippen MR) is 156 cm³/mol. The number of benzene rings is 1. The Balaban J connectivity index is 1.41. The van der Waals surface area contributed by atoms with Gasteiger partial charge in [-0.1, -0.05) is 17.7 Å². The molecular formula is C28H31ClF5N7O3S. The number of nitrogens with one attached hydrogen (secondary N) is 2. The summed E-state index contributed by atoms with van der Waals surface area (Å²) in [5.41, 5.74) is 5.03. The van der Waals surface area contributed by atoms with E-state index < -0.39 is 57.4 Å². The van der Waals surface area contributed by atoms with Crippen molar-refractivity contribution in [3.05, 3.63) is 75.8 Å². The molecule has 2 aliphatic rings. The van der Waals surface area contributed by atoms with Crippen LogP contribution in [0.5, 0.6) is 0 Å². The molecule has 10 nitrogen and oxygen atoms in total. The van der Waals surface area contributed by atoms with Gasteiger partial charge in [0.05, 0.1) is 40.8 Å². The van der Waals surface area contributed by atoms with Crippen molar-refractivity contribution >= 4 is 33.2 Å². The number of anilines is 1. The van der Waals surface area contributed by atoms with Crippen LogP contribution in [0.3, 0.4) is 0 Å². The quantitative estimate of drug-likeness (QED) is 0.311. The number of alkyl halides is 3. The zero-order valence-electron chi connectivity index (χ0n) is 24.0. The van der Waals surface area contributed by atoms with Crippen LogP contribution in [0.1, 0.15) is 47.7 Å². The fraction of sp³-hybridized carbons (Fsp3) is 0.464. The third-order valence-corrected chi connectivity index (χ3v) is 10.5. The van der Waals surface area contributed by atoms with Crippen molar-refractivity contribution in [1.82, 2.24) is 24.4 Å². The predicted octanol–water partition coefficient (Wildman–Crippen LogP) is 3.56. The topological polar surface area (TPSA) is 135 Å². The zero-order chi connectivity index (χ0) is 32.7. The Morgan fingerprint density at radius 1 is 1.22 bits per heavy atom. The molecule has 0 saturated carbocycles. The van der Waals surface area contributed by atoms with E-state index in [0.29, 0.717) is 19.5 Å². The van der Waals surface area contributed by atoms with Crippen molar-refractivity contribution in [3.63, 3.8) is 0 Å². The van der Waals surface area contributed by atoms with E-state index in [9.17, 15) is 30.8 Å². The maximum atomic E-state index is 15.1. The van der Waals surface area contributed by atoms with E-state index >= 15 is 4.39 Å². The van der Waals surface area contributed by atoms with Crippen LogP contribution in [0.4, 0.5) is 27.6 Å². The second-order valence-electron chi connectivity index (χ2n) is 11.2. The standard InChI is InChI=1S/C28H31ClF5N7O3S/c1-40-23(10-24(39-40)28(32,33)34)25(15-4-7-19(29)20(30)9-15)26(35)27(42)38-22-13-36-12-21(31)18(22)6-5-17-11-37-16-3-2-8-45(43,44)41(17)14-16/h4,7,9-10,12-13,16-17,25-26,37H,2-3,5-6,8,11,14,35H2,1H3,(H,38,42). The molecule has 2 aromatic heterocycles. The van der Waals surface area contributed by atoms with E-state index in [1.54, 1.807) is 0 Å². The molecule has 3 aromatic rings. The van der Waals surface area contributed by atoms with Gasteiger partial charge < -0.3 is 16.4 Å². The fourth-order valence-electron chi connectivity index (χ4n) is 5.93. The Labute approximate surface area is 261 Å². The van der Waals surface area contributed by atoms with E-state index in [2.05, 4.69) is 20.7 Å². The number of hydrogen-bond acceptors (Lipinski definition) is 7. The third kappa shape index (κ3) is 7.14. The third-order valence-electron chi connectivity index (χ3n) is 8.24. The average molecular weight is 676 g/mol. The zero-order valence-corrected chi connectivity index (χ0v) is 25.6. The van der Waals surface area contributed by atoms with Gasteiger partial charge in [-0.2, -0.15) is 22.6 Å². The number of pyridine rings is 1.